The van der Waals surface area contributed by atoms with Crippen LogP contribution in [0.25, 0.3) is 0 Å². The number of methoxy groups -OCH3 is 2. The van der Waals surface area contributed by atoms with E-state index in [2.05, 4.69) is 10.2 Å². The van der Waals surface area contributed by atoms with Gasteiger partial charge >= 0.3 is 0 Å². The Bertz CT molecular complexity index is 600. The molecule has 1 N–H and O–H groups in total. The summed E-state index contributed by atoms with van der Waals surface area (Å²) in [6, 6.07) is 6.56. The van der Waals surface area contributed by atoms with Crippen LogP contribution in [0.3, 0.4) is 0 Å². The van der Waals surface area contributed by atoms with E-state index in [1.165, 1.54) is 12.8 Å². The van der Waals surface area contributed by atoms with Gasteiger partial charge in [-0.2, -0.15) is 0 Å². The number of amides is 1. The van der Waals surface area contributed by atoms with E-state index in [1.54, 1.807) is 14.2 Å². The summed E-state index contributed by atoms with van der Waals surface area (Å²) in [5.74, 6) is 3.05. The highest BCUT2D eigenvalue weighted by molar-refractivity contribution is 5.81. The number of ether oxygens (including phenoxy) is 2. The van der Waals surface area contributed by atoms with Crippen molar-refractivity contribution in [2.45, 2.75) is 31.3 Å². The van der Waals surface area contributed by atoms with Crippen molar-refractivity contribution >= 4 is 5.91 Å². The Morgan fingerprint density at radius 1 is 1.17 bits per heavy atom. The molecule has 3 fully saturated rings. The fourth-order valence-electron chi connectivity index (χ4n) is 4.89. The number of benzene rings is 1. The summed E-state index contributed by atoms with van der Waals surface area (Å²) in [7, 11) is 3.27. The third-order valence-corrected chi connectivity index (χ3v) is 5.90. The third kappa shape index (κ3) is 2.29. The molecule has 3 aliphatic rings. The van der Waals surface area contributed by atoms with Gasteiger partial charge in [-0.1, -0.05) is 6.07 Å². The minimum absolute atomic E-state index is 0.246. The number of nitrogens with zero attached hydrogens (tertiary/aromatic N) is 1. The molecule has 0 aliphatic carbocycles. The molecule has 3 aliphatic heterocycles. The van der Waals surface area contributed by atoms with Crippen LogP contribution in [-0.2, 0) is 11.2 Å². The van der Waals surface area contributed by atoms with Crippen LogP contribution in [0.15, 0.2) is 18.2 Å². The molecule has 0 saturated carbocycles. The van der Waals surface area contributed by atoms with E-state index >= 15 is 0 Å². The molecule has 124 valence electrons. The summed E-state index contributed by atoms with van der Waals surface area (Å²) < 4.78 is 10.7. The first-order chi connectivity index (χ1) is 11.2. The van der Waals surface area contributed by atoms with Gasteiger partial charge in [-0.3, -0.25) is 4.79 Å². The first-order valence-corrected chi connectivity index (χ1v) is 8.45. The summed E-state index contributed by atoms with van der Waals surface area (Å²) in [6.07, 6.45) is 2.74. The van der Waals surface area contributed by atoms with E-state index in [0.29, 0.717) is 30.3 Å². The average molecular weight is 316 g/mol. The molecule has 5 heteroatoms. The van der Waals surface area contributed by atoms with Gasteiger partial charge in [0.15, 0.2) is 0 Å². The zero-order valence-electron chi connectivity index (χ0n) is 13.7. The van der Waals surface area contributed by atoms with E-state index < -0.39 is 0 Å². The number of hydrogen-bond acceptors (Lipinski definition) is 4. The molecule has 0 aromatic heterocycles. The number of carbonyl (C=O) groups excluding carboxylic acids is 1. The fraction of sp³-hybridized carbons (Fsp3) is 0.611. The number of carbonyl (C=O) groups is 1. The zero-order chi connectivity index (χ0) is 16.0. The Kier molecular flexibility index (Phi) is 3.68. The van der Waals surface area contributed by atoms with Gasteiger partial charge < -0.3 is 19.7 Å². The van der Waals surface area contributed by atoms with E-state index in [1.807, 2.05) is 18.2 Å². The van der Waals surface area contributed by atoms with Crippen molar-refractivity contribution in [2.75, 3.05) is 27.3 Å². The number of hydrogen-bond donors (Lipinski definition) is 1. The highest BCUT2D eigenvalue weighted by Gasteiger charge is 2.55. The summed E-state index contributed by atoms with van der Waals surface area (Å²) in [6.45, 7) is 2.14. The normalized spacial score (nSPS) is 31.3. The molecule has 0 spiro atoms. The van der Waals surface area contributed by atoms with Crippen LogP contribution >= 0.6 is 0 Å². The molecular weight excluding hydrogens is 292 g/mol. The minimum atomic E-state index is 0.246. The Morgan fingerprint density at radius 3 is 2.48 bits per heavy atom. The van der Waals surface area contributed by atoms with Gasteiger partial charge in [0.25, 0.3) is 0 Å². The zero-order valence-corrected chi connectivity index (χ0v) is 13.7. The van der Waals surface area contributed by atoms with Crippen molar-refractivity contribution in [1.29, 1.82) is 0 Å². The second-order valence-electron chi connectivity index (χ2n) is 6.85. The molecule has 4 rings (SSSR count). The predicted molar refractivity (Wildman–Crippen MR) is 86.8 cm³/mol. The van der Waals surface area contributed by atoms with Crippen molar-refractivity contribution in [1.82, 2.24) is 10.2 Å². The fourth-order valence-corrected chi connectivity index (χ4v) is 4.89. The summed E-state index contributed by atoms with van der Waals surface area (Å²) in [4.78, 5) is 15.1. The van der Waals surface area contributed by atoms with Gasteiger partial charge in [0.2, 0.25) is 5.91 Å². The highest BCUT2D eigenvalue weighted by Crippen LogP contribution is 2.47. The highest BCUT2D eigenvalue weighted by atomic mass is 16.5. The van der Waals surface area contributed by atoms with Gasteiger partial charge in [-0.25, -0.2) is 0 Å². The molecule has 3 heterocycles. The maximum atomic E-state index is 12.9. The van der Waals surface area contributed by atoms with Gasteiger partial charge in [0.05, 0.1) is 20.6 Å². The lowest BCUT2D eigenvalue weighted by Gasteiger charge is -2.25. The van der Waals surface area contributed by atoms with Gasteiger partial charge in [-0.05, 0) is 30.7 Å². The van der Waals surface area contributed by atoms with Crippen molar-refractivity contribution in [3.8, 4) is 11.5 Å². The molecular formula is C18H24N2O3. The lowest BCUT2D eigenvalue weighted by Crippen LogP contribution is -2.40. The lowest BCUT2D eigenvalue weighted by atomic mass is 9.82. The van der Waals surface area contributed by atoms with Gasteiger partial charge in [-0.15, -0.1) is 0 Å². The molecule has 4 atom stereocenters. The van der Waals surface area contributed by atoms with E-state index in [-0.39, 0.29) is 5.91 Å². The topological polar surface area (TPSA) is 50.8 Å². The quantitative estimate of drug-likeness (QED) is 0.913. The second-order valence-corrected chi connectivity index (χ2v) is 6.85. The van der Waals surface area contributed by atoms with Crippen molar-refractivity contribution in [3.63, 3.8) is 0 Å². The van der Waals surface area contributed by atoms with Crippen LogP contribution in [0.4, 0.5) is 0 Å². The Balaban J connectivity index is 1.53. The monoisotopic (exact) mass is 316 g/mol. The van der Waals surface area contributed by atoms with Crippen LogP contribution < -0.4 is 14.8 Å². The first kappa shape index (κ1) is 14.8. The molecule has 23 heavy (non-hydrogen) atoms. The second kappa shape index (κ2) is 5.71. The number of rotatable bonds is 4. The van der Waals surface area contributed by atoms with Crippen LogP contribution in [0.1, 0.15) is 18.4 Å². The third-order valence-electron chi connectivity index (χ3n) is 5.90. The van der Waals surface area contributed by atoms with E-state index in [0.717, 1.165) is 30.2 Å². The van der Waals surface area contributed by atoms with E-state index in [4.69, 9.17) is 9.47 Å². The Labute approximate surface area is 136 Å². The van der Waals surface area contributed by atoms with Crippen LogP contribution in [0.2, 0.25) is 0 Å². The molecule has 0 unspecified atom stereocenters. The molecule has 3 saturated heterocycles. The van der Waals surface area contributed by atoms with Crippen LogP contribution in [-0.4, -0.2) is 50.2 Å². The summed E-state index contributed by atoms with van der Waals surface area (Å²) in [5, 5.41) is 3.49. The Hall–Kier alpha value is -1.75. The largest absolute Gasteiger partial charge is 0.497 e. The first-order valence-electron chi connectivity index (χ1n) is 8.45. The van der Waals surface area contributed by atoms with Crippen LogP contribution in [0.5, 0.6) is 11.5 Å². The average Bonchev–Trinajstić information content (AvgIpc) is 3.26. The maximum Gasteiger partial charge on any atom is 0.227 e. The molecule has 1 aromatic rings. The Morgan fingerprint density at radius 2 is 1.87 bits per heavy atom. The van der Waals surface area contributed by atoms with Crippen LogP contribution in [0, 0.1) is 11.8 Å². The van der Waals surface area contributed by atoms with Gasteiger partial charge in [0.1, 0.15) is 11.5 Å². The molecule has 5 nitrogen and oxygen atoms in total. The minimum Gasteiger partial charge on any atom is -0.497 e. The van der Waals surface area contributed by atoms with Crippen molar-refractivity contribution < 1.29 is 14.3 Å². The van der Waals surface area contributed by atoms with E-state index in [9.17, 15) is 4.79 Å². The smallest absolute Gasteiger partial charge is 0.227 e. The molecule has 0 radical (unpaired) electrons. The van der Waals surface area contributed by atoms with Gasteiger partial charge in [0, 0.05) is 36.8 Å². The standard InChI is InChI=1S/C18H24N2O3/c1-22-12-4-3-11(17(8-12)23-2)7-18(21)20-15-5-6-16(20)14-10-19-9-13(14)15/h3-4,8,13-16,19H,5-7,9-10H2,1-2H3/t13-,14+,15-,16+. The number of fused-ring (bicyclic) bond motifs is 5. The molecule has 1 aromatic carbocycles. The lowest BCUT2D eigenvalue weighted by molar-refractivity contribution is -0.132. The molecule has 1 amide bonds. The number of nitrogens with one attached hydrogen (secondary N) is 1. The maximum absolute atomic E-state index is 12.9. The van der Waals surface area contributed by atoms with Crippen molar-refractivity contribution in [2.24, 2.45) is 11.8 Å². The predicted octanol–water partition coefficient (Wildman–Crippen LogP) is 1.46. The molecule has 2 bridgehead atoms. The summed E-state index contributed by atoms with van der Waals surface area (Å²) in [5.41, 5.74) is 0.938. The summed E-state index contributed by atoms with van der Waals surface area (Å²) >= 11 is 0. The SMILES string of the molecule is COc1ccc(CC(=O)N2[C@@H]3CC[C@H]2[C@H]2CNC[C@H]23)c(OC)c1. The van der Waals surface area contributed by atoms with Crippen molar-refractivity contribution in [3.05, 3.63) is 23.8 Å².